The van der Waals surface area contributed by atoms with Crippen molar-refractivity contribution in [2.75, 3.05) is 27.2 Å². The number of rotatable bonds is 4. The lowest BCUT2D eigenvalue weighted by atomic mass is 10.1. The van der Waals surface area contributed by atoms with Crippen molar-refractivity contribution in [1.82, 2.24) is 10.2 Å². The maximum atomic E-state index is 5.25. The number of ether oxygens (including phenoxy) is 1. The Bertz CT molecular complexity index is 397. The first kappa shape index (κ1) is 13.8. The normalized spacial score (nSPS) is 20.9. The van der Waals surface area contributed by atoms with E-state index in [-0.39, 0.29) is 0 Å². The Hall–Kier alpha value is -0.580. The van der Waals surface area contributed by atoms with Crippen LogP contribution in [0.3, 0.4) is 0 Å². The van der Waals surface area contributed by atoms with Crippen molar-refractivity contribution in [2.45, 2.75) is 25.4 Å². The number of piperidine rings is 1. The van der Waals surface area contributed by atoms with Crippen molar-refractivity contribution in [3.05, 3.63) is 28.2 Å². The second kappa shape index (κ2) is 6.55. The third kappa shape index (κ3) is 3.46. The fourth-order valence-electron chi connectivity index (χ4n) is 2.50. The molecule has 18 heavy (non-hydrogen) atoms. The smallest absolute Gasteiger partial charge is 0.133 e. The summed E-state index contributed by atoms with van der Waals surface area (Å²) in [5.41, 5.74) is 1.33. The highest BCUT2D eigenvalue weighted by atomic mass is 79.9. The third-order valence-corrected chi connectivity index (χ3v) is 4.16. The van der Waals surface area contributed by atoms with Gasteiger partial charge in [-0.1, -0.05) is 6.07 Å². The Morgan fingerprint density at radius 2 is 2.33 bits per heavy atom. The second-order valence-corrected chi connectivity index (χ2v) is 5.69. The molecule has 0 aromatic heterocycles. The van der Waals surface area contributed by atoms with Crippen molar-refractivity contribution >= 4 is 15.9 Å². The van der Waals surface area contributed by atoms with Gasteiger partial charge in [0.25, 0.3) is 0 Å². The summed E-state index contributed by atoms with van der Waals surface area (Å²) in [4.78, 5) is 2.51. The average molecular weight is 313 g/mol. The van der Waals surface area contributed by atoms with Gasteiger partial charge in [0.2, 0.25) is 0 Å². The molecule has 0 aliphatic carbocycles. The maximum absolute atomic E-state index is 5.25. The van der Waals surface area contributed by atoms with Crippen molar-refractivity contribution in [3.63, 3.8) is 0 Å². The van der Waals surface area contributed by atoms with Gasteiger partial charge >= 0.3 is 0 Å². The van der Waals surface area contributed by atoms with E-state index < -0.39 is 0 Å². The quantitative estimate of drug-likeness (QED) is 0.925. The number of benzene rings is 1. The Labute approximate surface area is 118 Å². The number of hydrogen-bond donors (Lipinski definition) is 1. The van der Waals surface area contributed by atoms with Gasteiger partial charge in [-0.25, -0.2) is 0 Å². The molecule has 1 saturated heterocycles. The number of likely N-dealkylation sites (N-methyl/N-ethyl adjacent to an activating group) is 1. The maximum Gasteiger partial charge on any atom is 0.133 e. The monoisotopic (exact) mass is 312 g/mol. The molecule has 1 heterocycles. The number of likely N-dealkylation sites (tertiary alicyclic amines) is 1. The summed E-state index contributed by atoms with van der Waals surface area (Å²) in [5.74, 6) is 0.894. The SMILES string of the molecule is CNC1CCCN(Cc2ccc(OC)c(Br)c2)C1. The van der Waals surface area contributed by atoms with Crippen LogP contribution in [0.1, 0.15) is 18.4 Å². The van der Waals surface area contributed by atoms with Crippen LogP contribution in [0.2, 0.25) is 0 Å². The minimum Gasteiger partial charge on any atom is -0.496 e. The zero-order valence-corrected chi connectivity index (χ0v) is 12.7. The average Bonchev–Trinajstić information content (AvgIpc) is 2.39. The first-order chi connectivity index (χ1) is 8.72. The largest absolute Gasteiger partial charge is 0.496 e. The van der Waals surface area contributed by atoms with Crippen molar-refractivity contribution < 1.29 is 4.74 Å². The number of hydrogen-bond acceptors (Lipinski definition) is 3. The molecule has 1 fully saturated rings. The fraction of sp³-hybridized carbons (Fsp3) is 0.571. The first-order valence-corrected chi connectivity index (χ1v) is 7.24. The molecule has 0 saturated carbocycles. The van der Waals surface area contributed by atoms with E-state index in [4.69, 9.17) is 4.74 Å². The molecule has 3 nitrogen and oxygen atoms in total. The molecule has 1 atom stereocenters. The van der Waals surface area contributed by atoms with Crippen LogP contribution in [0.15, 0.2) is 22.7 Å². The molecule has 100 valence electrons. The Morgan fingerprint density at radius 1 is 1.50 bits per heavy atom. The van der Waals surface area contributed by atoms with Crippen LogP contribution >= 0.6 is 15.9 Å². The Kier molecular flexibility index (Phi) is 5.03. The van der Waals surface area contributed by atoms with E-state index in [1.165, 1.54) is 24.9 Å². The number of methoxy groups -OCH3 is 1. The minimum atomic E-state index is 0.639. The van der Waals surface area contributed by atoms with Gasteiger partial charge in [-0.3, -0.25) is 4.90 Å². The van der Waals surface area contributed by atoms with Gasteiger partial charge < -0.3 is 10.1 Å². The van der Waals surface area contributed by atoms with Crippen LogP contribution in [0, 0.1) is 0 Å². The first-order valence-electron chi connectivity index (χ1n) is 6.45. The molecule has 0 radical (unpaired) electrons. The van der Waals surface area contributed by atoms with Gasteiger partial charge in [0, 0.05) is 19.1 Å². The van der Waals surface area contributed by atoms with Crippen molar-refractivity contribution in [3.8, 4) is 5.75 Å². The van der Waals surface area contributed by atoms with Crippen LogP contribution in [-0.4, -0.2) is 38.2 Å². The van der Waals surface area contributed by atoms with Gasteiger partial charge in [0.15, 0.2) is 0 Å². The summed E-state index contributed by atoms with van der Waals surface area (Å²) in [6.45, 7) is 3.35. The predicted molar refractivity (Wildman–Crippen MR) is 78.1 cm³/mol. The molecule has 0 amide bonds. The highest BCUT2D eigenvalue weighted by molar-refractivity contribution is 9.10. The van der Waals surface area contributed by atoms with E-state index in [1.54, 1.807) is 7.11 Å². The zero-order valence-electron chi connectivity index (χ0n) is 11.1. The summed E-state index contributed by atoms with van der Waals surface area (Å²) in [6.07, 6.45) is 2.57. The van der Waals surface area contributed by atoms with Crippen LogP contribution in [0.5, 0.6) is 5.75 Å². The van der Waals surface area contributed by atoms with Crippen molar-refractivity contribution in [2.24, 2.45) is 0 Å². The van der Waals surface area contributed by atoms with E-state index in [2.05, 4.69) is 45.3 Å². The summed E-state index contributed by atoms with van der Waals surface area (Å²) in [5, 5.41) is 3.38. The van der Waals surface area contributed by atoms with Gasteiger partial charge in [0.1, 0.15) is 5.75 Å². The summed E-state index contributed by atoms with van der Waals surface area (Å²) in [7, 11) is 3.75. The summed E-state index contributed by atoms with van der Waals surface area (Å²) in [6, 6.07) is 6.97. The molecular weight excluding hydrogens is 292 g/mol. The van der Waals surface area contributed by atoms with Gasteiger partial charge in [-0.15, -0.1) is 0 Å². The molecule has 4 heteroatoms. The van der Waals surface area contributed by atoms with E-state index in [0.717, 1.165) is 23.3 Å². The van der Waals surface area contributed by atoms with E-state index in [1.807, 2.05) is 6.07 Å². The second-order valence-electron chi connectivity index (χ2n) is 4.83. The van der Waals surface area contributed by atoms with Gasteiger partial charge in [-0.2, -0.15) is 0 Å². The topological polar surface area (TPSA) is 24.5 Å². The lowest BCUT2D eigenvalue weighted by Gasteiger charge is -2.32. The van der Waals surface area contributed by atoms with Gasteiger partial charge in [-0.05, 0) is 60.1 Å². The molecule has 0 spiro atoms. The van der Waals surface area contributed by atoms with E-state index in [9.17, 15) is 0 Å². The molecule has 0 bridgehead atoms. The number of nitrogens with zero attached hydrogens (tertiary/aromatic N) is 1. The summed E-state index contributed by atoms with van der Waals surface area (Å²) < 4.78 is 6.29. The Morgan fingerprint density at radius 3 is 3.00 bits per heavy atom. The van der Waals surface area contributed by atoms with E-state index in [0.29, 0.717) is 6.04 Å². The van der Waals surface area contributed by atoms with Crippen LogP contribution in [0.4, 0.5) is 0 Å². The molecule has 1 aliphatic heterocycles. The van der Waals surface area contributed by atoms with E-state index >= 15 is 0 Å². The van der Waals surface area contributed by atoms with Crippen LogP contribution in [0.25, 0.3) is 0 Å². The molecular formula is C14H21BrN2O. The highest BCUT2D eigenvalue weighted by Crippen LogP contribution is 2.26. The molecule has 1 aromatic carbocycles. The lowest BCUT2D eigenvalue weighted by Crippen LogP contribution is -2.43. The molecule has 1 N–H and O–H groups in total. The summed E-state index contributed by atoms with van der Waals surface area (Å²) >= 11 is 3.54. The minimum absolute atomic E-state index is 0.639. The Balaban J connectivity index is 1.98. The molecule has 1 unspecified atom stereocenters. The zero-order chi connectivity index (χ0) is 13.0. The van der Waals surface area contributed by atoms with Crippen LogP contribution < -0.4 is 10.1 Å². The number of nitrogens with one attached hydrogen (secondary N) is 1. The molecule has 2 rings (SSSR count). The number of halogens is 1. The molecule has 1 aromatic rings. The fourth-order valence-corrected chi connectivity index (χ4v) is 3.09. The molecule has 1 aliphatic rings. The highest BCUT2D eigenvalue weighted by Gasteiger charge is 2.18. The van der Waals surface area contributed by atoms with Crippen LogP contribution in [-0.2, 0) is 6.54 Å². The third-order valence-electron chi connectivity index (χ3n) is 3.54. The van der Waals surface area contributed by atoms with Gasteiger partial charge in [0.05, 0.1) is 11.6 Å². The predicted octanol–water partition coefficient (Wildman–Crippen LogP) is 2.64. The van der Waals surface area contributed by atoms with Crippen molar-refractivity contribution in [1.29, 1.82) is 0 Å². The lowest BCUT2D eigenvalue weighted by molar-refractivity contribution is 0.188. The standard InChI is InChI=1S/C14H21BrN2O/c1-16-12-4-3-7-17(10-12)9-11-5-6-14(18-2)13(15)8-11/h5-6,8,12,16H,3-4,7,9-10H2,1-2H3.